The van der Waals surface area contributed by atoms with Gasteiger partial charge in [-0.15, -0.1) is 0 Å². The first-order chi connectivity index (χ1) is 14.1. The maximum absolute atomic E-state index is 13.0. The summed E-state index contributed by atoms with van der Waals surface area (Å²) in [7, 11) is 0. The van der Waals surface area contributed by atoms with E-state index in [1.54, 1.807) is 0 Å². The highest BCUT2D eigenvalue weighted by Gasteiger charge is 2.35. The molecule has 2 N–H and O–H groups in total. The lowest BCUT2D eigenvalue weighted by Crippen LogP contribution is -2.50. The van der Waals surface area contributed by atoms with E-state index in [9.17, 15) is 9.90 Å². The van der Waals surface area contributed by atoms with Crippen molar-refractivity contribution < 1.29 is 14.6 Å². The Bertz CT molecular complexity index is 851. The van der Waals surface area contributed by atoms with E-state index in [0.717, 1.165) is 34.3 Å². The molecule has 158 valence electrons. The van der Waals surface area contributed by atoms with Crippen molar-refractivity contribution in [2.24, 2.45) is 5.92 Å². The number of carbonyl (C=O) groups is 1. The third kappa shape index (κ3) is 4.86. The van der Waals surface area contributed by atoms with Gasteiger partial charge in [0.1, 0.15) is 5.60 Å². The summed E-state index contributed by atoms with van der Waals surface area (Å²) in [5, 5.41) is 14.4. The van der Waals surface area contributed by atoms with E-state index in [-0.39, 0.29) is 5.91 Å². The van der Waals surface area contributed by atoms with Crippen molar-refractivity contribution in [1.29, 1.82) is 0 Å². The van der Waals surface area contributed by atoms with E-state index in [0.29, 0.717) is 31.7 Å². The fourth-order valence-corrected chi connectivity index (χ4v) is 5.18. The molecule has 2 aromatic rings. The molecule has 29 heavy (non-hydrogen) atoms. The van der Waals surface area contributed by atoms with Crippen LogP contribution in [0, 0.1) is 5.92 Å². The molecule has 1 amide bonds. The Labute approximate surface area is 180 Å². The summed E-state index contributed by atoms with van der Waals surface area (Å²) in [6, 6.07) is 5.99. The van der Waals surface area contributed by atoms with Crippen LogP contribution in [0.4, 0.5) is 0 Å². The van der Waals surface area contributed by atoms with Crippen LogP contribution in [-0.4, -0.2) is 40.9 Å². The number of fused-ring (bicyclic) bond motifs is 1. The van der Waals surface area contributed by atoms with E-state index >= 15 is 0 Å². The number of carbonyl (C=O) groups excluding carboxylic acids is 1. The lowest BCUT2D eigenvalue weighted by atomic mass is 9.97. The monoisotopic (exact) mass is 462 g/mol. The van der Waals surface area contributed by atoms with Crippen LogP contribution in [-0.2, 0) is 11.3 Å². The Balaban J connectivity index is 1.44. The van der Waals surface area contributed by atoms with Crippen molar-refractivity contribution in [1.82, 2.24) is 9.88 Å². The van der Waals surface area contributed by atoms with Gasteiger partial charge >= 0.3 is 0 Å². The molecule has 1 saturated carbocycles. The third-order valence-electron chi connectivity index (χ3n) is 6.47. The topological polar surface area (TPSA) is 63.5 Å². The Morgan fingerprint density at radius 2 is 2.00 bits per heavy atom. The molecule has 0 radical (unpaired) electrons. The van der Waals surface area contributed by atoms with Crippen LogP contribution in [0.3, 0.4) is 0 Å². The summed E-state index contributed by atoms with van der Waals surface area (Å²) >= 11 is 3.62. The van der Waals surface area contributed by atoms with Gasteiger partial charge < -0.3 is 19.7 Å². The standard InChI is InChI=1S/C23H31BrN2O3/c24-19-8-5-9-20-21(19)18(14-26(20)13-11-23(28)15-29-16-23)22(27)25-12-10-17-6-3-1-2-4-7-17/h5,8-9,14,17,28H,1-4,6-7,10-13,15-16H2,(H,25,27). The Morgan fingerprint density at radius 1 is 1.24 bits per heavy atom. The molecule has 6 heteroatoms. The number of nitrogens with zero attached hydrogens (tertiary/aromatic N) is 1. The van der Waals surface area contributed by atoms with E-state index in [1.807, 2.05) is 24.4 Å². The van der Waals surface area contributed by atoms with Gasteiger partial charge in [0, 0.05) is 34.7 Å². The number of aliphatic hydroxyl groups is 1. The number of hydrogen-bond donors (Lipinski definition) is 2. The molecular weight excluding hydrogens is 432 g/mol. The smallest absolute Gasteiger partial charge is 0.253 e. The lowest BCUT2D eigenvalue weighted by molar-refractivity contribution is -0.182. The summed E-state index contributed by atoms with van der Waals surface area (Å²) < 4.78 is 8.15. The van der Waals surface area contributed by atoms with E-state index in [4.69, 9.17) is 4.74 Å². The molecule has 4 rings (SSSR count). The normalized spacial score (nSPS) is 19.7. The fraction of sp³-hybridized carbons (Fsp3) is 0.609. The van der Waals surface area contributed by atoms with Gasteiger partial charge in [0.25, 0.3) is 5.91 Å². The Kier molecular flexibility index (Phi) is 6.62. The molecule has 0 unspecified atom stereocenters. The predicted molar refractivity (Wildman–Crippen MR) is 118 cm³/mol. The summed E-state index contributed by atoms with van der Waals surface area (Å²) in [5.74, 6) is 0.733. The lowest BCUT2D eigenvalue weighted by Gasteiger charge is -2.36. The number of aromatic nitrogens is 1. The minimum atomic E-state index is -0.732. The van der Waals surface area contributed by atoms with Gasteiger partial charge in [-0.25, -0.2) is 0 Å². The average Bonchev–Trinajstić information content (AvgIpc) is 2.87. The molecular formula is C23H31BrN2O3. The first-order valence-corrected chi connectivity index (χ1v) is 11.7. The molecule has 5 nitrogen and oxygen atoms in total. The van der Waals surface area contributed by atoms with Crippen LogP contribution in [0.1, 0.15) is 61.7 Å². The zero-order valence-electron chi connectivity index (χ0n) is 17.0. The van der Waals surface area contributed by atoms with E-state index in [1.165, 1.54) is 38.5 Å². The number of amides is 1. The second-order valence-corrected chi connectivity index (χ2v) is 9.59. The molecule has 1 aromatic carbocycles. The third-order valence-corrected chi connectivity index (χ3v) is 7.13. The molecule has 2 fully saturated rings. The van der Waals surface area contributed by atoms with Crippen molar-refractivity contribution in [3.8, 4) is 0 Å². The van der Waals surface area contributed by atoms with Crippen molar-refractivity contribution in [2.75, 3.05) is 19.8 Å². The number of nitrogens with one attached hydrogen (secondary N) is 1. The number of benzene rings is 1. The number of hydrogen-bond acceptors (Lipinski definition) is 3. The van der Waals surface area contributed by atoms with E-state index in [2.05, 4.69) is 25.8 Å². The first-order valence-electron chi connectivity index (χ1n) is 10.9. The minimum absolute atomic E-state index is 0.0139. The molecule has 1 aromatic heterocycles. The molecule has 0 atom stereocenters. The second-order valence-electron chi connectivity index (χ2n) is 8.74. The van der Waals surface area contributed by atoms with Crippen LogP contribution in [0.5, 0.6) is 0 Å². The van der Waals surface area contributed by atoms with Gasteiger partial charge in [-0.3, -0.25) is 4.79 Å². The quantitative estimate of drug-likeness (QED) is 0.588. The van der Waals surface area contributed by atoms with Crippen molar-refractivity contribution in [2.45, 2.75) is 63.5 Å². The summed E-state index contributed by atoms with van der Waals surface area (Å²) in [5.41, 5.74) is 0.978. The highest BCUT2D eigenvalue weighted by atomic mass is 79.9. The molecule has 1 aliphatic carbocycles. The fourth-order valence-electron chi connectivity index (χ4n) is 4.61. The van der Waals surface area contributed by atoms with Crippen LogP contribution < -0.4 is 5.32 Å². The number of halogens is 1. The molecule has 0 spiro atoms. The average molecular weight is 463 g/mol. The molecule has 1 saturated heterocycles. The van der Waals surface area contributed by atoms with Gasteiger partial charge in [-0.1, -0.05) is 60.5 Å². The van der Waals surface area contributed by atoms with Gasteiger partial charge in [-0.05, 0) is 30.9 Å². The zero-order chi connectivity index (χ0) is 20.3. The van der Waals surface area contributed by atoms with Crippen LogP contribution in [0.2, 0.25) is 0 Å². The number of rotatable bonds is 7. The second kappa shape index (κ2) is 9.19. The van der Waals surface area contributed by atoms with Gasteiger partial charge in [-0.2, -0.15) is 0 Å². The van der Waals surface area contributed by atoms with Crippen molar-refractivity contribution >= 4 is 32.7 Å². The molecule has 0 bridgehead atoms. The summed E-state index contributed by atoms with van der Waals surface area (Å²) in [4.78, 5) is 13.0. The Hall–Kier alpha value is -1.37. The first kappa shape index (κ1) is 20.9. The SMILES string of the molecule is O=C(NCCC1CCCCCC1)c1cn(CCC2(O)COC2)c2cccc(Br)c12. The van der Waals surface area contributed by atoms with Gasteiger partial charge in [0.2, 0.25) is 0 Å². The van der Waals surface area contributed by atoms with E-state index < -0.39 is 5.60 Å². The maximum Gasteiger partial charge on any atom is 0.253 e. The molecule has 2 aliphatic rings. The van der Waals surface area contributed by atoms with Crippen molar-refractivity contribution in [3.63, 3.8) is 0 Å². The number of ether oxygens (including phenoxy) is 1. The minimum Gasteiger partial charge on any atom is -0.385 e. The maximum atomic E-state index is 13.0. The van der Waals surface area contributed by atoms with Crippen LogP contribution in [0.15, 0.2) is 28.9 Å². The van der Waals surface area contributed by atoms with Crippen LogP contribution >= 0.6 is 15.9 Å². The molecule has 2 heterocycles. The summed E-state index contributed by atoms with van der Waals surface area (Å²) in [6.45, 7) is 2.18. The van der Waals surface area contributed by atoms with Gasteiger partial charge in [0.15, 0.2) is 0 Å². The number of aryl methyl sites for hydroxylation is 1. The Morgan fingerprint density at radius 3 is 2.69 bits per heavy atom. The van der Waals surface area contributed by atoms with Gasteiger partial charge in [0.05, 0.1) is 18.8 Å². The van der Waals surface area contributed by atoms with Crippen molar-refractivity contribution in [3.05, 3.63) is 34.4 Å². The highest BCUT2D eigenvalue weighted by molar-refractivity contribution is 9.10. The zero-order valence-corrected chi connectivity index (χ0v) is 18.5. The largest absolute Gasteiger partial charge is 0.385 e. The predicted octanol–water partition coefficient (Wildman–Crippen LogP) is 4.65. The summed E-state index contributed by atoms with van der Waals surface area (Å²) in [6.07, 6.45) is 11.6. The van der Waals surface area contributed by atoms with Crippen LogP contribution in [0.25, 0.3) is 10.9 Å². The highest BCUT2D eigenvalue weighted by Crippen LogP contribution is 2.31. The molecule has 1 aliphatic heterocycles.